The van der Waals surface area contributed by atoms with Crippen LogP contribution in [0.2, 0.25) is 0 Å². The normalized spacial score (nSPS) is 15.4. The van der Waals surface area contributed by atoms with Gasteiger partial charge in [-0.15, -0.1) is 0 Å². The first-order valence-electron chi connectivity index (χ1n) is 5.93. The molecule has 0 aliphatic heterocycles. The Kier molecular flexibility index (Phi) is 5.15. The highest BCUT2D eigenvalue weighted by molar-refractivity contribution is 5.91. The van der Waals surface area contributed by atoms with Gasteiger partial charge in [-0.2, -0.15) is 0 Å². The van der Waals surface area contributed by atoms with Gasteiger partial charge in [0.25, 0.3) is 0 Å². The molecule has 0 aromatic rings. The van der Waals surface area contributed by atoms with Crippen LogP contribution in [0.1, 0.15) is 26.7 Å². The summed E-state index contributed by atoms with van der Waals surface area (Å²) < 4.78 is 9.73. The monoisotopic (exact) mass is 241 g/mol. The summed E-state index contributed by atoms with van der Waals surface area (Å²) in [5.41, 5.74) is -0.718. The zero-order valence-corrected chi connectivity index (χ0v) is 10.3. The lowest BCUT2D eigenvalue weighted by molar-refractivity contribution is -0.145. The second kappa shape index (κ2) is 6.39. The van der Waals surface area contributed by atoms with Crippen LogP contribution in [0.15, 0.2) is 12.2 Å². The highest BCUT2D eigenvalue weighted by atomic mass is 16.5. The maximum Gasteiger partial charge on any atom is 0.334 e. The van der Waals surface area contributed by atoms with E-state index >= 15 is 0 Å². The van der Waals surface area contributed by atoms with Gasteiger partial charge in [0.1, 0.15) is 0 Å². The molecule has 0 radical (unpaired) electrons. The van der Waals surface area contributed by atoms with Crippen molar-refractivity contribution < 1.29 is 19.1 Å². The van der Waals surface area contributed by atoms with Crippen molar-refractivity contribution in [2.45, 2.75) is 32.2 Å². The Morgan fingerprint density at radius 3 is 2.35 bits per heavy atom. The van der Waals surface area contributed by atoms with Crippen LogP contribution in [-0.4, -0.2) is 37.2 Å². The second-order valence-corrected chi connectivity index (χ2v) is 3.76. The largest absolute Gasteiger partial charge is 0.466 e. The molecule has 0 saturated carbocycles. The van der Waals surface area contributed by atoms with Crippen molar-refractivity contribution in [3.05, 3.63) is 12.2 Å². The molecule has 96 valence electrons. The molecule has 1 aliphatic rings. The van der Waals surface area contributed by atoms with Crippen molar-refractivity contribution in [3.63, 3.8) is 0 Å². The Hall–Kier alpha value is -1.36. The fourth-order valence-electron chi connectivity index (χ4n) is 1.42. The third-order valence-electron chi connectivity index (χ3n) is 2.39. The Morgan fingerprint density at radius 2 is 1.82 bits per heavy atom. The zero-order valence-electron chi connectivity index (χ0n) is 10.3. The standard InChI is InChI=1S/C12H19NO4/c1-3-16-10(14)6-5-9-13-12(7-8-12)11(15)17-4-2/h7-8,13H,3-6,9H2,1-2H3. The molecule has 0 spiro atoms. The summed E-state index contributed by atoms with van der Waals surface area (Å²) in [4.78, 5) is 22.6. The molecule has 0 fully saturated rings. The summed E-state index contributed by atoms with van der Waals surface area (Å²) in [7, 11) is 0. The molecular formula is C12H19NO4. The minimum Gasteiger partial charge on any atom is -0.466 e. The molecule has 1 rings (SSSR count). The van der Waals surface area contributed by atoms with E-state index in [1.807, 2.05) is 0 Å². The van der Waals surface area contributed by atoms with Gasteiger partial charge in [0.2, 0.25) is 0 Å². The van der Waals surface area contributed by atoms with Crippen molar-refractivity contribution in [1.82, 2.24) is 5.32 Å². The lowest BCUT2D eigenvalue weighted by atomic mass is 10.2. The van der Waals surface area contributed by atoms with E-state index in [4.69, 9.17) is 9.47 Å². The molecule has 0 amide bonds. The van der Waals surface area contributed by atoms with Crippen LogP contribution in [0.3, 0.4) is 0 Å². The van der Waals surface area contributed by atoms with Crippen molar-refractivity contribution in [1.29, 1.82) is 0 Å². The second-order valence-electron chi connectivity index (χ2n) is 3.76. The van der Waals surface area contributed by atoms with E-state index < -0.39 is 5.54 Å². The molecule has 0 atom stereocenters. The van der Waals surface area contributed by atoms with Gasteiger partial charge in [0.15, 0.2) is 5.54 Å². The highest BCUT2D eigenvalue weighted by Crippen LogP contribution is 2.24. The topological polar surface area (TPSA) is 64.6 Å². The third kappa shape index (κ3) is 4.19. The van der Waals surface area contributed by atoms with Crippen molar-refractivity contribution in [2.75, 3.05) is 19.8 Å². The van der Waals surface area contributed by atoms with E-state index in [0.29, 0.717) is 32.6 Å². The molecule has 1 aliphatic carbocycles. The number of hydrogen-bond donors (Lipinski definition) is 1. The Balaban J connectivity index is 2.14. The van der Waals surface area contributed by atoms with Gasteiger partial charge in [-0.1, -0.05) is 12.2 Å². The van der Waals surface area contributed by atoms with E-state index in [1.165, 1.54) is 0 Å². The van der Waals surface area contributed by atoms with Gasteiger partial charge in [0, 0.05) is 6.42 Å². The predicted molar refractivity (Wildman–Crippen MR) is 62.4 cm³/mol. The maximum absolute atomic E-state index is 11.5. The first kappa shape index (κ1) is 13.7. The number of rotatable bonds is 8. The van der Waals surface area contributed by atoms with E-state index in [1.54, 1.807) is 26.0 Å². The van der Waals surface area contributed by atoms with Crippen LogP contribution in [0.5, 0.6) is 0 Å². The van der Waals surface area contributed by atoms with Gasteiger partial charge in [-0.25, -0.2) is 4.79 Å². The minimum absolute atomic E-state index is 0.205. The van der Waals surface area contributed by atoms with Gasteiger partial charge >= 0.3 is 11.9 Å². The van der Waals surface area contributed by atoms with E-state index in [0.717, 1.165) is 0 Å². The summed E-state index contributed by atoms with van der Waals surface area (Å²) in [5, 5.41) is 3.06. The average molecular weight is 241 g/mol. The van der Waals surface area contributed by atoms with E-state index in [2.05, 4.69) is 5.32 Å². The molecule has 0 unspecified atom stereocenters. The maximum atomic E-state index is 11.5. The fourth-order valence-corrected chi connectivity index (χ4v) is 1.42. The lowest BCUT2D eigenvalue weighted by Gasteiger charge is -2.15. The van der Waals surface area contributed by atoms with Crippen LogP contribution >= 0.6 is 0 Å². The number of ether oxygens (including phenoxy) is 2. The molecule has 0 saturated heterocycles. The predicted octanol–water partition coefficient (Wildman–Crippen LogP) is 0.791. The fraction of sp³-hybridized carbons (Fsp3) is 0.667. The minimum atomic E-state index is -0.718. The molecule has 0 bridgehead atoms. The number of esters is 2. The van der Waals surface area contributed by atoms with Crippen molar-refractivity contribution in [3.8, 4) is 0 Å². The van der Waals surface area contributed by atoms with Crippen LogP contribution < -0.4 is 5.32 Å². The molecular weight excluding hydrogens is 222 g/mol. The van der Waals surface area contributed by atoms with Gasteiger partial charge in [0.05, 0.1) is 13.2 Å². The number of nitrogens with one attached hydrogen (secondary N) is 1. The summed E-state index contributed by atoms with van der Waals surface area (Å²) >= 11 is 0. The quantitative estimate of drug-likeness (QED) is 0.387. The van der Waals surface area contributed by atoms with Gasteiger partial charge in [-0.05, 0) is 26.8 Å². The van der Waals surface area contributed by atoms with Crippen LogP contribution in [0.25, 0.3) is 0 Å². The molecule has 0 aromatic carbocycles. The van der Waals surface area contributed by atoms with Gasteiger partial charge < -0.3 is 9.47 Å². The number of carbonyl (C=O) groups excluding carboxylic acids is 2. The van der Waals surface area contributed by atoms with Crippen LogP contribution in [0, 0.1) is 0 Å². The third-order valence-corrected chi connectivity index (χ3v) is 2.39. The molecule has 5 heteroatoms. The number of hydrogen-bond acceptors (Lipinski definition) is 5. The molecule has 17 heavy (non-hydrogen) atoms. The van der Waals surface area contributed by atoms with Gasteiger partial charge in [-0.3, -0.25) is 10.1 Å². The SMILES string of the molecule is CCOC(=O)CCCNC1(C(=O)OCC)C=C1. The summed E-state index contributed by atoms with van der Waals surface area (Å²) in [6, 6.07) is 0. The molecule has 0 heterocycles. The Bertz CT molecular complexity index is 306. The first-order chi connectivity index (χ1) is 8.14. The number of carbonyl (C=O) groups is 2. The van der Waals surface area contributed by atoms with Crippen molar-refractivity contribution >= 4 is 11.9 Å². The summed E-state index contributed by atoms with van der Waals surface area (Å²) in [6.07, 6.45) is 4.52. The highest BCUT2D eigenvalue weighted by Gasteiger charge is 2.43. The first-order valence-corrected chi connectivity index (χ1v) is 5.93. The van der Waals surface area contributed by atoms with E-state index in [-0.39, 0.29) is 11.9 Å². The zero-order chi connectivity index (χ0) is 12.7. The van der Waals surface area contributed by atoms with Crippen molar-refractivity contribution in [2.24, 2.45) is 0 Å². The Morgan fingerprint density at radius 1 is 1.18 bits per heavy atom. The molecule has 0 aromatic heterocycles. The van der Waals surface area contributed by atoms with Crippen LogP contribution in [-0.2, 0) is 19.1 Å². The smallest absolute Gasteiger partial charge is 0.334 e. The van der Waals surface area contributed by atoms with E-state index in [9.17, 15) is 9.59 Å². The molecule has 5 nitrogen and oxygen atoms in total. The summed E-state index contributed by atoms with van der Waals surface area (Å²) in [5.74, 6) is -0.487. The lowest BCUT2D eigenvalue weighted by Crippen LogP contribution is -2.42. The Labute approximate surface area is 101 Å². The summed E-state index contributed by atoms with van der Waals surface area (Å²) in [6.45, 7) is 4.90. The molecule has 1 N–H and O–H groups in total. The average Bonchev–Trinajstić information content (AvgIpc) is 3.06. The van der Waals surface area contributed by atoms with Crippen LogP contribution in [0.4, 0.5) is 0 Å².